The summed E-state index contributed by atoms with van der Waals surface area (Å²) in [6.45, 7) is 4.28. The number of hydrogen-bond acceptors (Lipinski definition) is 8. The van der Waals surface area contributed by atoms with Gasteiger partial charge in [-0.3, -0.25) is 4.90 Å². The summed E-state index contributed by atoms with van der Waals surface area (Å²) >= 11 is 0. The summed E-state index contributed by atoms with van der Waals surface area (Å²) < 4.78 is 0. The van der Waals surface area contributed by atoms with Crippen LogP contribution in [0.1, 0.15) is 25.7 Å². The van der Waals surface area contributed by atoms with Crippen molar-refractivity contribution >= 4 is 11.5 Å². The second kappa shape index (κ2) is 7.93. The zero-order chi connectivity index (χ0) is 21.6. The lowest BCUT2D eigenvalue weighted by molar-refractivity contribution is -0.0582. The van der Waals surface area contributed by atoms with Crippen molar-refractivity contribution in [3.05, 3.63) is 30.3 Å². The zero-order valence-corrected chi connectivity index (χ0v) is 18.1. The molecule has 4 N–H and O–H groups in total. The number of aromatic hydroxyl groups is 1. The number of nitrogen functional groups attached to an aromatic ring is 1. The van der Waals surface area contributed by atoms with E-state index in [9.17, 15) is 10.2 Å². The standard InChI is InChI=1S/C23H32N6O2/c1-27-10-4-9-23(31,14-27)15-29-16-7-8-17(29)13-28(12-16)20-11-19(25-26-22(20)24)18-5-2-3-6-21(18)30/h2-3,5-6,11,16-17,30-31H,4,7-10,12-15H2,1H3,(H2,24,26)/t16?,17?,23-/m0/s1. The Morgan fingerprint density at radius 2 is 1.90 bits per heavy atom. The van der Waals surface area contributed by atoms with Crippen LogP contribution in [0.4, 0.5) is 11.5 Å². The first-order valence-electron chi connectivity index (χ1n) is 11.2. The molecule has 8 heteroatoms. The number of fused-ring (bicyclic) bond motifs is 2. The monoisotopic (exact) mass is 424 g/mol. The van der Waals surface area contributed by atoms with Crippen LogP contribution in [0.3, 0.4) is 0 Å². The third-order valence-corrected chi connectivity index (χ3v) is 7.18. The Hall–Kier alpha value is -2.42. The molecular formula is C23H32N6O2. The minimum atomic E-state index is -0.620. The molecule has 3 atom stereocenters. The Kier molecular flexibility index (Phi) is 5.24. The van der Waals surface area contributed by atoms with Gasteiger partial charge in [0.25, 0.3) is 0 Å². The van der Waals surface area contributed by atoms with Gasteiger partial charge in [-0.1, -0.05) is 12.1 Å². The first-order valence-corrected chi connectivity index (χ1v) is 11.2. The van der Waals surface area contributed by atoms with Crippen molar-refractivity contribution in [1.82, 2.24) is 20.0 Å². The van der Waals surface area contributed by atoms with Crippen molar-refractivity contribution in [1.29, 1.82) is 0 Å². The number of likely N-dealkylation sites (tertiary alicyclic amines) is 1. The number of rotatable bonds is 4. The fourth-order valence-electron chi connectivity index (χ4n) is 5.72. The molecule has 3 aliphatic rings. The maximum absolute atomic E-state index is 11.2. The maximum atomic E-state index is 11.2. The van der Waals surface area contributed by atoms with Crippen LogP contribution in [0, 0.1) is 0 Å². The number of phenolic OH excluding ortho intramolecular Hbond substituents is 1. The minimum Gasteiger partial charge on any atom is -0.507 e. The number of piperazine rings is 1. The molecule has 2 aromatic rings. The number of aromatic nitrogens is 2. The molecule has 1 aromatic carbocycles. The van der Waals surface area contributed by atoms with Crippen LogP contribution in [0.5, 0.6) is 5.75 Å². The van der Waals surface area contributed by atoms with E-state index in [0.29, 0.717) is 29.2 Å². The molecule has 3 fully saturated rings. The van der Waals surface area contributed by atoms with Gasteiger partial charge in [0, 0.05) is 43.8 Å². The highest BCUT2D eigenvalue weighted by Crippen LogP contribution is 2.38. The number of likely N-dealkylation sites (N-methyl/N-ethyl adjacent to an activating group) is 1. The van der Waals surface area contributed by atoms with Crippen molar-refractivity contribution in [3.63, 3.8) is 0 Å². The van der Waals surface area contributed by atoms with E-state index in [1.54, 1.807) is 12.1 Å². The number of aliphatic hydroxyl groups is 1. The Labute approximate surface area is 183 Å². The summed E-state index contributed by atoms with van der Waals surface area (Å²) in [5.74, 6) is 0.600. The number of β-amino-alcohol motifs (C(OH)–C–C–N with tert-alkyl or cyclic N) is 1. The molecule has 166 valence electrons. The average molecular weight is 425 g/mol. The van der Waals surface area contributed by atoms with E-state index >= 15 is 0 Å². The topological polar surface area (TPSA) is 102 Å². The van der Waals surface area contributed by atoms with Gasteiger partial charge in [-0.05, 0) is 57.5 Å². The second-order valence-corrected chi connectivity index (χ2v) is 9.55. The van der Waals surface area contributed by atoms with Crippen LogP contribution in [-0.4, -0.2) is 87.7 Å². The van der Waals surface area contributed by atoms with E-state index in [2.05, 4.69) is 31.9 Å². The van der Waals surface area contributed by atoms with Crippen LogP contribution in [-0.2, 0) is 0 Å². The number of anilines is 2. The van der Waals surface area contributed by atoms with Gasteiger partial charge in [-0.25, -0.2) is 0 Å². The SMILES string of the molecule is CN1CCC[C@@](O)(CN2C3CCC2CN(c2cc(-c4ccccc4O)nnc2N)C3)C1. The Morgan fingerprint density at radius 1 is 1.16 bits per heavy atom. The maximum Gasteiger partial charge on any atom is 0.169 e. The normalized spacial score (nSPS) is 29.4. The number of phenols is 1. The molecule has 0 radical (unpaired) electrons. The molecule has 1 aromatic heterocycles. The third-order valence-electron chi connectivity index (χ3n) is 7.18. The Morgan fingerprint density at radius 3 is 2.61 bits per heavy atom. The molecule has 8 nitrogen and oxygen atoms in total. The van der Waals surface area contributed by atoms with Gasteiger partial charge in [0.1, 0.15) is 5.75 Å². The summed E-state index contributed by atoms with van der Waals surface area (Å²) in [5, 5.41) is 29.8. The number of nitrogens with two attached hydrogens (primary N) is 1. The first-order chi connectivity index (χ1) is 14.9. The highest BCUT2D eigenvalue weighted by Gasteiger charge is 2.45. The predicted octanol–water partition coefficient (Wildman–Crippen LogP) is 1.54. The third kappa shape index (κ3) is 3.95. The average Bonchev–Trinajstić information content (AvgIpc) is 2.95. The fourth-order valence-corrected chi connectivity index (χ4v) is 5.72. The summed E-state index contributed by atoms with van der Waals surface area (Å²) in [5.41, 5.74) is 7.76. The van der Waals surface area contributed by atoms with E-state index in [1.807, 2.05) is 18.2 Å². The van der Waals surface area contributed by atoms with Crippen LogP contribution in [0.25, 0.3) is 11.3 Å². The van der Waals surface area contributed by atoms with E-state index in [1.165, 1.54) is 0 Å². The molecule has 5 rings (SSSR count). The van der Waals surface area contributed by atoms with Crippen molar-refractivity contribution in [2.45, 2.75) is 43.4 Å². The highest BCUT2D eigenvalue weighted by molar-refractivity contribution is 5.74. The smallest absolute Gasteiger partial charge is 0.169 e. The van der Waals surface area contributed by atoms with Crippen LogP contribution in [0.2, 0.25) is 0 Å². The molecule has 3 saturated heterocycles. The summed E-state index contributed by atoms with van der Waals surface area (Å²) in [4.78, 5) is 7.08. The number of benzene rings is 1. The highest BCUT2D eigenvalue weighted by atomic mass is 16.3. The van der Waals surface area contributed by atoms with E-state index in [0.717, 1.165) is 64.1 Å². The van der Waals surface area contributed by atoms with Gasteiger partial charge in [-0.15, -0.1) is 10.2 Å². The van der Waals surface area contributed by atoms with E-state index < -0.39 is 5.60 Å². The van der Waals surface area contributed by atoms with E-state index in [4.69, 9.17) is 5.73 Å². The number of hydrogen-bond donors (Lipinski definition) is 3. The molecule has 0 spiro atoms. The van der Waals surface area contributed by atoms with Crippen LogP contribution < -0.4 is 10.6 Å². The molecule has 4 heterocycles. The Balaban J connectivity index is 1.35. The fraction of sp³-hybridized carbons (Fsp3) is 0.565. The molecular weight excluding hydrogens is 392 g/mol. The molecule has 0 saturated carbocycles. The first kappa shape index (κ1) is 20.5. The van der Waals surface area contributed by atoms with Crippen molar-refractivity contribution < 1.29 is 10.2 Å². The minimum absolute atomic E-state index is 0.183. The summed E-state index contributed by atoms with van der Waals surface area (Å²) in [6.07, 6.45) is 4.20. The molecule has 0 amide bonds. The van der Waals surface area contributed by atoms with Crippen LogP contribution >= 0.6 is 0 Å². The number of nitrogens with zero attached hydrogens (tertiary/aromatic N) is 5. The van der Waals surface area contributed by atoms with E-state index in [-0.39, 0.29) is 5.75 Å². The molecule has 31 heavy (non-hydrogen) atoms. The lowest BCUT2D eigenvalue weighted by Crippen LogP contribution is -2.61. The number of para-hydroxylation sites is 1. The zero-order valence-electron chi connectivity index (χ0n) is 18.1. The van der Waals surface area contributed by atoms with Gasteiger partial charge in [0.2, 0.25) is 0 Å². The lowest BCUT2D eigenvalue weighted by Gasteiger charge is -2.47. The molecule has 0 aliphatic carbocycles. The largest absolute Gasteiger partial charge is 0.507 e. The molecule has 2 bridgehead atoms. The quantitative estimate of drug-likeness (QED) is 0.679. The lowest BCUT2D eigenvalue weighted by atomic mass is 9.91. The Bertz CT molecular complexity index is 941. The molecule has 3 aliphatic heterocycles. The van der Waals surface area contributed by atoms with Crippen molar-refractivity contribution in [2.24, 2.45) is 0 Å². The second-order valence-electron chi connectivity index (χ2n) is 9.55. The van der Waals surface area contributed by atoms with Gasteiger partial charge in [-0.2, -0.15) is 0 Å². The van der Waals surface area contributed by atoms with Gasteiger partial charge in [0.05, 0.1) is 17.0 Å². The molecule has 2 unspecified atom stereocenters. The van der Waals surface area contributed by atoms with Gasteiger partial charge in [0.15, 0.2) is 5.82 Å². The van der Waals surface area contributed by atoms with Gasteiger partial charge >= 0.3 is 0 Å². The van der Waals surface area contributed by atoms with Crippen molar-refractivity contribution in [3.8, 4) is 17.0 Å². The predicted molar refractivity (Wildman–Crippen MR) is 121 cm³/mol. The van der Waals surface area contributed by atoms with Gasteiger partial charge < -0.3 is 25.7 Å². The number of piperidine rings is 1. The van der Waals surface area contributed by atoms with Crippen LogP contribution in [0.15, 0.2) is 30.3 Å². The van der Waals surface area contributed by atoms with Crippen molar-refractivity contribution in [2.75, 3.05) is 50.4 Å². The summed E-state index contributed by atoms with van der Waals surface area (Å²) in [7, 11) is 2.10. The summed E-state index contributed by atoms with van der Waals surface area (Å²) in [6, 6.07) is 9.89.